The molecule has 0 spiro atoms. The van der Waals surface area contributed by atoms with Crippen molar-refractivity contribution in [3.8, 4) is 101 Å². The van der Waals surface area contributed by atoms with Gasteiger partial charge in [0.15, 0.2) is 0 Å². The first-order valence-corrected chi connectivity index (χ1v) is 38.2. The summed E-state index contributed by atoms with van der Waals surface area (Å²) >= 11 is 9.53. The van der Waals surface area contributed by atoms with Gasteiger partial charge in [0.05, 0.1) is 43.4 Å². The predicted molar refractivity (Wildman–Crippen MR) is 463 cm³/mol. The topological polar surface area (TPSA) is 231 Å². The molecular formula is C101H92Cl2Fe2N2O10. The van der Waals surface area contributed by atoms with E-state index in [0.29, 0.717) is 57.6 Å². The number of methoxy groups -OCH3 is 2. The molecule has 0 amide bonds. The minimum absolute atomic E-state index is 0. The monoisotopic (exact) mass is 1670 g/mol. The van der Waals surface area contributed by atoms with E-state index in [4.69, 9.17) is 44.1 Å². The number of carbonyl (C=O) groups excluding carboxylic acids is 4. The fourth-order valence-electron chi connectivity index (χ4n) is 12.4. The van der Waals surface area contributed by atoms with Gasteiger partial charge in [0.2, 0.25) is 0 Å². The number of ether oxygens (including phenoxy) is 2. The van der Waals surface area contributed by atoms with Crippen molar-refractivity contribution in [1.82, 2.24) is 0 Å². The second-order valence-electron chi connectivity index (χ2n) is 27.2. The van der Waals surface area contributed by atoms with E-state index in [0.717, 1.165) is 112 Å². The summed E-state index contributed by atoms with van der Waals surface area (Å²) in [6, 6.07) is 100. The van der Waals surface area contributed by atoms with E-state index in [1.165, 1.54) is 0 Å². The molecule has 0 heterocycles. The van der Waals surface area contributed by atoms with Crippen LogP contribution in [0.1, 0.15) is 97.1 Å². The number of aromatic carboxylic acids is 4. The minimum atomic E-state index is -1.16. The molecule has 4 N–H and O–H groups in total. The van der Waals surface area contributed by atoms with Crippen LogP contribution in [-0.4, -0.2) is 43.4 Å². The summed E-state index contributed by atoms with van der Waals surface area (Å²) in [6.07, 6.45) is 0. The third kappa shape index (κ3) is 27.1. The van der Waals surface area contributed by atoms with Crippen molar-refractivity contribution >= 4 is 47.1 Å². The van der Waals surface area contributed by atoms with Crippen LogP contribution in [0.4, 0.5) is 0 Å². The Morgan fingerprint density at radius 3 is 0.479 bits per heavy atom. The van der Waals surface area contributed by atoms with Crippen molar-refractivity contribution in [2.45, 2.75) is 68.5 Å². The maximum Gasteiger partial charge on any atom is 2.00 e. The molecule has 0 radical (unpaired) electrons. The number of aryl methyl sites for hydroxylation is 8. The molecule has 0 aliphatic heterocycles. The first-order chi connectivity index (χ1) is 55.4. The smallest absolute Gasteiger partial charge is 0.545 e. The van der Waals surface area contributed by atoms with Gasteiger partial charge in [-0.3, -0.25) is 0 Å². The van der Waals surface area contributed by atoms with Gasteiger partial charge in [0.1, 0.15) is 11.5 Å². The van der Waals surface area contributed by atoms with Crippen LogP contribution in [0.3, 0.4) is 0 Å². The molecule has 117 heavy (non-hydrogen) atoms. The van der Waals surface area contributed by atoms with Crippen LogP contribution in [0.2, 0.25) is 0 Å². The molecule has 14 rings (SSSR count). The van der Waals surface area contributed by atoms with Crippen LogP contribution >= 0.6 is 23.2 Å². The van der Waals surface area contributed by atoms with Crippen LogP contribution < -0.4 is 41.4 Å². The zero-order valence-electron chi connectivity index (χ0n) is 66.8. The van der Waals surface area contributed by atoms with Gasteiger partial charge >= 0.3 is 34.1 Å². The van der Waals surface area contributed by atoms with E-state index < -0.39 is 23.9 Å². The average Bonchev–Trinajstić information content (AvgIpc) is 0.806. The molecule has 0 atom stereocenters. The van der Waals surface area contributed by atoms with Crippen LogP contribution in [0.25, 0.3) is 89.0 Å². The quantitative estimate of drug-likeness (QED) is 0.0679. The number of hydrogen-bond acceptors (Lipinski definition) is 12. The second-order valence-corrected chi connectivity index (χ2v) is 28.0. The average molecular weight is 1680 g/mol. The summed E-state index contributed by atoms with van der Waals surface area (Å²) in [5.41, 5.74) is 35.6. The number of hydrogen-bond donors (Lipinski definition) is 2. The molecular weight excluding hydrogens is 1580 g/mol. The Labute approximate surface area is 718 Å². The number of alkyl halides is 2. The van der Waals surface area contributed by atoms with Crippen molar-refractivity contribution in [3.63, 3.8) is 0 Å². The van der Waals surface area contributed by atoms with E-state index in [2.05, 4.69) is 0 Å². The standard InChI is InChI=1S/4C21H18O2.2C8H11NO.CH2Cl2.2Fe/c4*1-14-6-10-16(11-7-14)18-4-3-5-19(20(18)21(22)23)17-12-8-15(2)9-13-17;2*1-10-8-4-2-7(6-9)3-5-8;2-1-3;;/h4*3-13H,1-2H3,(H,22,23);2*2-5H,6,9H2,1H3;1H2;;/q;;;;;;;2*+2/p-4. The molecule has 0 bridgehead atoms. The van der Waals surface area contributed by atoms with Crippen LogP contribution in [0.5, 0.6) is 11.5 Å². The number of carboxylic acid groups (broad SMARTS) is 4. The van der Waals surface area contributed by atoms with Gasteiger partial charge in [-0.15, -0.1) is 23.2 Å². The van der Waals surface area contributed by atoms with Crippen molar-refractivity contribution in [1.29, 1.82) is 0 Å². The van der Waals surface area contributed by atoms with Crippen LogP contribution in [-0.2, 0) is 47.2 Å². The van der Waals surface area contributed by atoms with Crippen molar-refractivity contribution in [2.75, 3.05) is 19.6 Å². The fraction of sp³-hybridized carbons (Fsp3) is 0.129. The molecule has 14 aromatic rings. The number of nitrogens with two attached hydrogens (primary N) is 2. The van der Waals surface area contributed by atoms with Gasteiger partial charge in [-0.05, 0) is 180 Å². The number of halogens is 2. The molecule has 0 aromatic heterocycles. The van der Waals surface area contributed by atoms with Gasteiger partial charge in [-0.25, -0.2) is 0 Å². The number of carbonyl (C=O) groups is 4. The number of benzene rings is 14. The molecule has 14 aromatic carbocycles. The molecule has 596 valence electrons. The van der Waals surface area contributed by atoms with E-state index in [1.54, 1.807) is 14.2 Å². The minimum Gasteiger partial charge on any atom is -0.545 e. The summed E-state index contributed by atoms with van der Waals surface area (Å²) in [6.45, 7) is 17.2. The van der Waals surface area contributed by atoms with Crippen molar-refractivity contribution in [2.24, 2.45) is 11.5 Å². The molecule has 16 heteroatoms. The number of carboxylic acids is 4. The van der Waals surface area contributed by atoms with E-state index in [-0.39, 0.29) is 61.7 Å². The van der Waals surface area contributed by atoms with Crippen molar-refractivity contribution in [3.05, 3.63) is 393 Å². The Hall–Kier alpha value is -11.9. The van der Waals surface area contributed by atoms with E-state index in [9.17, 15) is 39.6 Å². The van der Waals surface area contributed by atoms with Gasteiger partial charge in [-0.2, -0.15) is 0 Å². The molecule has 12 nitrogen and oxygen atoms in total. The third-order valence-electron chi connectivity index (χ3n) is 18.8. The Kier molecular flexibility index (Phi) is 37.9. The molecule has 0 fully saturated rings. The van der Waals surface area contributed by atoms with E-state index in [1.807, 2.05) is 371 Å². The third-order valence-corrected chi connectivity index (χ3v) is 18.8. The zero-order valence-corrected chi connectivity index (χ0v) is 70.6. The summed E-state index contributed by atoms with van der Waals surface area (Å²) in [7, 11) is 3.30. The number of rotatable bonds is 16. The van der Waals surface area contributed by atoms with Gasteiger partial charge in [0.25, 0.3) is 0 Å². The Morgan fingerprint density at radius 2 is 0.376 bits per heavy atom. The molecule has 0 saturated heterocycles. The largest absolute Gasteiger partial charge is 2.00 e. The molecule has 0 aliphatic rings. The Balaban J connectivity index is 0.000000221. The maximum atomic E-state index is 11.8. The Morgan fingerprint density at radius 1 is 0.248 bits per heavy atom. The Bertz CT molecular complexity index is 4560. The first-order valence-electron chi connectivity index (χ1n) is 37.1. The molecule has 0 aliphatic carbocycles. The normalized spacial score (nSPS) is 10.0. The molecule has 0 unspecified atom stereocenters. The SMILES string of the molecule is COc1ccc(CN)cc1.COc1ccc(CN)cc1.Cc1ccc(-c2cccc(-c3ccc(C)cc3)c2C(=O)[O-])cc1.Cc1ccc(-c2cccc(-c3ccc(C)cc3)c2C(=O)[O-])cc1.Cc1ccc(-c2cccc(-c3ccc(C)cc3)c2C(=O)[O-])cc1.Cc1ccc(-c2cccc(-c3ccc(C)cc3)c2C(=O)[O-])cc1.ClCCl.[Fe+2].[Fe+2]. The van der Waals surface area contributed by atoms with Crippen LogP contribution in [0.15, 0.2) is 315 Å². The van der Waals surface area contributed by atoms with E-state index >= 15 is 0 Å². The predicted octanol–water partition coefficient (Wildman–Crippen LogP) is 19.7. The molecule has 0 saturated carbocycles. The van der Waals surface area contributed by atoms with Gasteiger partial charge in [0, 0.05) is 35.3 Å². The maximum absolute atomic E-state index is 11.8. The van der Waals surface area contributed by atoms with Gasteiger partial charge < -0.3 is 60.5 Å². The fourth-order valence-corrected chi connectivity index (χ4v) is 12.4. The summed E-state index contributed by atoms with van der Waals surface area (Å²) < 4.78 is 9.95. The summed E-state index contributed by atoms with van der Waals surface area (Å²) in [5, 5.41) is 47.4. The zero-order chi connectivity index (χ0) is 83.1. The summed E-state index contributed by atoms with van der Waals surface area (Å²) in [5.74, 6) is -2.88. The first kappa shape index (κ1) is 94.0. The second kappa shape index (κ2) is 47.2. The summed E-state index contributed by atoms with van der Waals surface area (Å²) in [4.78, 5) is 47.2. The van der Waals surface area contributed by atoms with Gasteiger partial charge in [-0.1, -0.05) is 336 Å². The van der Waals surface area contributed by atoms with Crippen LogP contribution in [0, 0.1) is 55.4 Å². The van der Waals surface area contributed by atoms with Crippen molar-refractivity contribution < 1.29 is 83.2 Å².